The Morgan fingerprint density at radius 2 is 1.60 bits per heavy atom. The number of allylic oxidation sites excluding steroid dienone is 2. The van der Waals surface area contributed by atoms with Crippen molar-refractivity contribution in [3.63, 3.8) is 0 Å². The molecule has 0 saturated carbocycles. The Hall–Kier alpha value is -3.13. The second kappa shape index (κ2) is 10.3. The smallest absolute Gasteiger partial charge is 0.0679 e. The molecular weight excluding hydrogens is 543 g/mol. The zero-order chi connectivity index (χ0) is 28.4. The summed E-state index contributed by atoms with van der Waals surface area (Å²) in [4.78, 5) is 5.31. The maximum absolute atomic E-state index is 3.79. The summed E-state index contributed by atoms with van der Waals surface area (Å²) in [5.74, 6) is 0. The van der Waals surface area contributed by atoms with Crippen molar-refractivity contribution in [3.05, 3.63) is 118 Å². The summed E-state index contributed by atoms with van der Waals surface area (Å²) >= 11 is 0. The van der Waals surface area contributed by atoms with Crippen LogP contribution in [0.25, 0.3) is 5.70 Å². The minimum atomic E-state index is -0.618. The minimum Gasteiger partial charge on any atom is -0.381 e. The number of nitrogens with zero attached hydrogens (tertiary/aromatic N) is 2. The van der Waals surface area contributed by atoms with Crippen LogP contribution < -0.4 is 10.2 Å². The predicted octanol–water partition coefficient (Wildman–Crippen LogP) is 7.96. The van der Waals surface area contributed by atoms with Crippen molar-refractivity contribution >= 4 is 40.4 Å². The van der Waals surface area contributed by atoms with Gasteiger partial charge in [-0.05, 0) is 73.4 Å². The largest absolute Gasteiger partial charge is 0.381 e. The summed E-state index contributed by atoms with van der Waals surface area (Å²) in [6.45, 7) is 9.07. The van der Waals surface area contributed by atoms with Gasteiger partial charge in [0.15, 0.2) is 0 Å². The van der Waals surface area contributed by atoms with Crippen molar-refractivity contribution in [2.24, 2.45) is 0 Å². The van der Waals surface area contributed by atoms with Gasteiger partial charge in [-0.1, -0.05) is 102 Å². The zero-order valence-electron chi connectivity index (χ0n) is 25.4. The van der Waals surface area contributed by atoms with Crippen LogP contribution >= 0.6 is 0 Å². The van der Waals surface area contributed by atoms with Gasteiger partial charge in [-0.15, -0.1) is 0 Å². The molecule has 0 aliphatic carbocycles. The number of fused-ring (bicyclic) bond motifs is 1. The van der Waals surface area contributed by atoms with E-state index in [0.29, 0.717) is 11.2 Å². The van der Waals surface area contributed by atoms with Crippen LogP contribution in [0, 0.1) is 20.8 Å². The lowest BCUT2D eigenvalue weighted by Gasteiger charge is -2.31. The standard InChI is InChI=1S/C37H43N3Si2/c1-26-20-27(2)36(28(3)21-26)40(31-10-4-8-29(22-31)34-13-12-33(24-38-34)41-16-6-17-41)32-11-5-9-30(23-32)35-14-15-37(25-39(35)37)42-18-7-19-42/h4-5,8-15,20-23,35,38,41-42H,6-7,16-19,24-25H2,1-3H3. The second-order valence-electron chi connectivity index (χ2n) is 13.6. The van der Waals surface area contributed by atoms with Crippen LogP contribution in [0.3, 0.4) is 0 Å². The zero-order valence-corrected chi connectivity index (χ0v) is 27.7. The van der Waals surface area contributed by atoms with Gasteiger partial charge in [0.05, 0.1) is 29.3 Å². The molecule has 3 saturated heterocycles. The predicted molar refractivity (Wildman–Crippen MR) is 183 cm³/mol. The first-order valence-electron chi connectivity index (χ1n) is 16.2. The Kier molecular flexibility index (Phi) is 6.47. The Bertz CT molecular complexity index is 1620. The number of nitrogens with one attached hydrogen (secondary N) is 1. The molecule has 0 amide bonds. The molecule has 214 valence electrons. The Morgan fingerprint density at radius 3 is 2.24 bits per heavy atom. The van der Waals surface area contributed by atoms with E-state index in [2.05, 4.69) is 121 Å². The molecule has 3 aromatic carbocycles. The molecule has 5 aliphatic heterocycles. The van der Waals surface area contributed by atoms with Crippen molar-refractivity contribution in [1.29, 1.82) is 0 Å². The molecule has 3 unspecified atom stereocenters. The van der Waals surface area contributed by atoms with E-state index in [4.69, 9.17) is 0 Å². The van der Waals surface area contributed by atoms with Gasteiger partial charge >= 0.3 is 0 Å². The van der Waals surface area contributed by atoms with Gasteiger partial charge in [0.25, 0.3) is 0 Å². The summed E-state index contributed by atoms with van der Waals surface area (Å²) < 4.78 is 0. The highest BCUT2D eigenvalue weighted by molar-refractivity contribution is 6.69. The number of hydrogen-bond acceptors (Lipinski definition) is 3. The molecule has 3 atom stereocenters. The Labute approximate surface area is 254 Å². The quantitative estimate of drug-likeness (QED) is 0.172. The number of rotatable bonds is 7. The van der Waals surface area contributed by atoms with Crippen molar-refractivity contribution in [2.45, 2.75) is 69.0 Å². The molecule has 3 aromatic rings. The van der Waals surface area contributed by atoms with Crippen molar-refractivity contribution in [1.82, 2.24) is 10.2 Å². The van der Waals surface area contributed by atoms with Gasteiger partial charge in [-0.2, -0.15) is 0 Å². The van der Waals surface area contributed by atoms with Crippen LogP contribution in [0.4, 0.5) is 17.1 Å². The normalized spacial score (nSPS) is 26.5. The molecule has 3 fully saturated rings. The van der Waals surface area contributed by atoms with Crippen LogP contribution in [0.15, 0.2) is 90.2 Å². The lowest BCUT2D eigenvalue weighted by atomic mass is 10.0. The molecule has 5 heteroatoms. The third-order valence-corrected chi connectivity index (χ3v) is 18.9. The van der Waals surface area contributed by atoms with Crippen molar-refractivity contribution in [2.75, 3.05) is 18.0 Å². The molecular formula is C37H43N3Si2. The maximum atomic E-state index is 3.79. The van der Waals surface area contributed by atoms with E-state index >= 15 is 0 Å². The summed E-state index contributed by atoms with van der Waals surface area (Å²) in [6.07, 6.45) is 12.8. The number of hydrogen-bond donors (Lipinski definition) is 1. The number of aryl methyl sites for hydroxylation is 3. The molecule has 42 heavy (non-hydrogen) atoms. The summed E-state index contributed by atoms with van der Waals surface area (Å²) in [6, 6.07) is 29.7. The van der Waals surface area contributed by atoms with E-state index in [9.17, 15) is 0 Å². The fraction of sp³-hybridized carbons (Fsp3) is 0.351. The highest BCUT2D eigenvalue weighted by Gasteiger charge is 2.62. The number of dihydropyridines is 1. The lowest BCUT2D eigenvalue weighted by molar-refractivity contribution is 0.465. The summed E-state index contributed by atoms with van der Waals surface area (Å²) in [5, 5.41) is 5.99. The van der Waals surface area contributed by atoms with Crippen LogP contribution in [0.1, 0.15) is 46.7 Å². The van der Waals surface area contributed by atoms with Gasteiger partial charge in [0.1, 0.15) is 0 Å². The van der Waals surface area contributed by atoms with Crippen LogP contribution in [0.2, 0.25) is 24.2 Å². The molecule has 3 nitrogen and oxygen atoms in total. The first-order chi connectivity index (χ1) is 20.5. The van der Waals surface area contributed by atoms with Crippen molar-refractivity contribution < 1.29 is 0 Å². The van der Waals surface area contributed by atoms with Crippen LogP contribution in [-0.4, -0.2) is 40.7 Å². The van der Waals surface area contributed by atoms with E-state index in [0.717, 1.165) is 6.54 Å². The summed E-state index contributed by atoms with van der Waals surface area (Å²) in [5.41, 5.74) is 11.6. The van der Waals surface area contributed by atoms with E-state index < -0.39 is 17.6 Å². The average Bonchev–Trinajstić information content (AvgIpc) is 3.52. The average molecular weight is 586 g/mol. The summed E-state index contributed by atoms with van der Waals surface area (Å²) in [7, 11) is -1.23. The topological polar surface area (TPSA) is 18.3 Å². The first-order valence-corrected chi connectivity index (χ1v) is 20.6. The Morgan fingerprint density at radius 1 is 0.857 bits per heavy atom. The fourth-order valence-electron chi connectivity index (χ4n) is 8.16. The molecule has 5 heterocycles. The van der Waals surface area contributed by atoms with Gasteiger partial charge in [0.2, 0.25) is 0 Å². The van der Waals surface area contributed by atoms with Gasteiger partial charge in [0, 0.05) is 35.3 Å². The van der Waals surface area contributed by atoms with E-state index in [1.807, 2.05) is 0 Å². The van der Waals surface area contributed by atoms with E-state index in [-0.39, 0.29) is 0 Å². The number of benzene rings is 3. The van der Waals surface area contributed by atoms with Gasteiger partial charge < -0.3 is 10.2 Å². The molecule has 0 spiro atoms. The fourth-order valence-corrected chi connectivity index (χ4v) is 13.8. The maximum Gasteiger partial charge on any atom is 0.0679 e. The molecule has 8 rings (SSSR count). The second-order valence-corrected chi connectivity index (χ2v) is 20.4. The third kappa shape index (κ3) is 4.40. The SMILES string of the molecule is Cc1cc(C)c(N(c2cccc(C3=CC=C([SiH]4CCC4)CN3)c2)c2cccc(C3C=CC4([SiH]5CCC5)CN34)c2)c(C)c1. The van der Waals surface area contributed by atoms with Crippen LogP contribution in [-0.2, 0) is 0 Å². The number of anilines is 3. The van der Waals surface area contributed by atoms with Gasteiger partial charge in [-0.3, -0.25) is 4.90 Å². The van der Waals surface area contributed by atoms with E-state index in [1.54, 1.807) is 5.20 Å². The van der Waals surface area contributed by atoms with Gasteiger partial charge in [-0.25, -0.2) is 0 Å². The molecule has 0 aromatic heterocycles. The molecule has 0 radical (unpaired) electrons. The van der Waals surface area contributed by atoms with E-state index in [1.165, 1.54) is 94.1 Å². The lowest BCUT2D eigenvalue weighted by Crippen LogP contribution is -2.40. The minimum absolute atomic E-state index is 0.420. The Balaban J connectivity index is 1.17. The molecule has 1 N–H and O–H groups in total. The molecule has 5 aliphatic rings. The highest BCUT2D eigenvalue weighted by Crippen LogP contribution is 2.54. The highest BCUT2D eigenvalue weighted by atomic mass is 28.3. The van der Waals surface area contributed by atoms with Crippen LogP contribution in [0.5, 0.6) is 0 Å². The monoisotopic (exact) mass is 585 g/mol. The van der Waals surface area contributed by atoms with Crippen molar-refractivity contribution in [3.8, 4) is 0 Å². The first kappa shape index (κ1) is 26.5. The molecule has 0 bridgehead atoms. The third-order valence-electron chi connectivity index (χ3n) is 10.9.